The molecule has 0 fully saturated rings. The van der Waals surface area contributed by atoms with Crippen LogP contribution in [-0.2, 0) is 17.8 Å². The van der Waals surface area contributed by atoms with Crippen LogP contribution in [0.15, 0.2) is 0 Å². The van der Waals surface area contributed by atoms with E-state index in [0.717, 1.165) is 25.3 Å². The van der Waals surface area contributed by atoms with E-state index in [-0.39, 0.29) is 6.61 Å². The molecule has 1 heterocycles. The molecule has 5 nitrogen and oxygen atoms in total. The molecule has 1 rings (SSSR count). The Labute approximate surface area is 103 Å². The maximum Gasteiger partial charge on any atom is 0.0698 e. The first-order chi connectivity index (χ1) is 8.20. The SMILES string of the molecule is CCn1nc(C)c(CNCCOCCO)c1C. The fraction of sp³-hybridized carbons (Fsp3) is 0.750. The van der Waals surface area contributed by atoms with Crippen LogP contribution < -0.4 is 5.32 Å². The Hall–Kier alpha value is -0.910. The van der Waals surface area contributed by atoms with Gasteiger partial charge in [-0.05, 0) is 20.8 Å². The predicted octanol–water partition coefficient (Wildman–Crippen LogP) is 0.618. The third-order valence-electron chi connectivity index (χ3n) is 2.79. The lowest BCUT2D eigenvalue weighted by Gasteiger charge is -2.06. The van der Waals surface area contributed by atoms with Crippen LogP contribution in [-0.4, -0.2) is 41.3 Å². The lowest BCUT2D eigenvalue weighted by Crippen LogP contribution is -2.20. The van der Waals surface area contributed by atoms with E-state index in [1.54, 1.807) is 0 Å². The number of hydrogen-bond donors (Lipinski definition) is 2. The molecule has 0 atom stereocenters. The summed E-state index contributed by atoms with van der Waals surface area (Å²) in [5.74, 6) is 0. The van der Waals surface area contributed by atoms with E-state index < -0.39 is 0 Å². The molecule has 0 saturated heterocycles. The van der Waals surface area contributed by atoms with E-state index >= 15 is 0 Å². The molecule has 0 aromatic carbocycles. The minimum absolute atomic E-state index is 0.0848. The Morgan fingerprint density at radius 1 is 1.35 bits per heavy atom. The number of nitrogens with zero attached hydrogens (tertiary/aromatic N) is 2. The molecule has 0 saturated carbocycles. The molecule has 17 heavy (non-hydrogen) atoms. The van der Waals surface area contributed by atoms with Crippen LogP contribution in [0.3, 0.4) is 0 Å². The van der Waals surface area contributed by atoms with Crippen molar-refractivity contribution in [2.45, 2.75) is 33.9 Å². The van der Waals surface area contributed by atoms with E-state index in [1.807, 2.05) is 11.6 Å². The number of rotatable bonds is 8. The Bertz CT molecular complexity index is 337. The van der Waals surface area contributed by atoms with Crippen molar-refractivity contribution < 1.29 is 9.84 Å². The summed E-state index contributed by atoms with van der Waals surface area (Å²) in [6.45, 7) is 9.87. The Morgan fingerprint density at radius 2 is 2.12 bits per heavy atom. The zero-order valence-electron chi connectivity index (χ0n) is 11.0. The zero-order chi connectivity index (χ0) is 12.7. The molecule has 0 aliphatic carbocycles. The van der Waals surface area contributed by atoms with Gasteiger partial charge in [0.1, 0.15) is 0 Å². The van der Waals surface area contributed by atoms with Gasteiger partial charge in [0.05, 0.1) is 25.5 Å². The van der Waals surface area contributed by atoms with Gasteiger partial charge in [-0.25, -0.2) is 0 Å². The third-order valence-corrected chi connectivity index (χ3v) is 2.79. The lowest BCUT2D eigenvalue weighted by atomic mass is 10.2. The van der Waals surface area contributed by atoms with Crippen molar-refractivity contribution in [1.82, 2.24) is 15.1 Å². The summed E-state index contributed by atoms with van der Waals surface area (Å²) >= 11 is 0. The van der Waals surface area contributed by atoms with Gasteiger partial charge in [0.15, 0.2) is 0 Å². The number of aromatic nitrogens is 2. The smallest absolute Gasteiger partial charge is 0.0698 e. The standard InChI is InChI=1S/C12H23N3O2/c1-4-15-11(3)12(10(2)14-15)9-13-5-7-17-8-6-16/h13,16H,4-9H2,1-3H3. The average Bonchev–Trinajstić information content (AvgIpc) is 2.60. The molecule has 0 unspecified atom stereocenters. The monoisotopic (exact) mass is 241 g/mol. The average molecular weight is 241 g/mol. The van der Waals surface area contributed by atoms with Crippen molar-refractivity contribution in [2.24, 2.45) is 0 Å². The minimum Gasteiger partial charge on any atom is -0.394 e. The van der Waals surface area contributed by atoms with E-state index in [1.165, 1.54) is 11.3 Å². The minimum atomic E-state index is 0.0848. The molecule has 0 radical (unpaired) electrons. The number of aliphatic hydroxyl groups is 1. The molecule has 2 N–H and O–H groups in total. The largest absolute Gasteiger partial charge is 0.394 e. The van der Waals surface area contributed by atoms with Crippen LogP contribution in [0.25, 0.3) is 0 Å². The quantitative estimate of drug-likeness (QED) is 0.655. The molecule has 0 aliphatic heterocycles. The van der Waals surface area contributed by atoms with Gasteiger partial charge >= 0.3 is 0 Å². The first-order valence-electron chi connectivity index (χ1n) is 6.12. The number of hydrogen-bond acceptors (Lipinski definition) is 4. The molecule has 98 valence electrons. The molecule has 0 aliphatic rings. The van der Waals surface area contributed by atoms with Gasteiger partial charge in [0, 0.05) is 30.9 Å². The van der Waals surface area contributed by atoms with Crippen LogP contribution in [0.2, 0.25) is 0 Å². The van der Waals surface area contributed by atoms with Crippen LogP contribution in [0.4, 0.5) is 0 Å². The van der Waals surface area contributed by atoms with Crippen molar-refractivity contribution in [3.8, 4) is 0 Å². The first kappa shape index (κ1) is 14.2. The van der Waals surface area contributed by atoms with Crippen LogP contribution in [0.5, 0.6) is 0 Å². The van der Waals surface area contributed by atoms with E-state index in [9.17, 15) is 0 Å². The van der Waals surface area contributed by atoms with Crippen LogP contribution in [0.1, 0.15) is 23.9 Å². The van der Waals surface area contributed by atoms with Gasteiger partial charge in [0.25, 0.3) is 0 Å². The molecule has 0 spiro atoms. The van der Waals surface area contributed by atoms with Crippen LogP contribution in [0, 0.1) is 13.8 Å². The number of nitrogens with one attached hydrogen (secondary N) is 1. The maximum atomic E-state index is 8.55. The second kappa shape index (κ2) is 7.42. The summed E-state index contributed by atoms with van der Waals surface area (Å²) in [4.78, 5) is 0. The molecule has 0 bridgehead atoms. The van der Waals surface area contributed by atoms with E-state index in [4.69, 9.17) is 9.84 Å². The van der Waals surface area contributed by atoms with Crippen molar-refractivity contribution in [2.75, 3.05) is 26.4 Å². The highest BCUT2D eigenvalue weighted by Crippen LogP contribution is 2.12. The van der Waals surface area contributed by atoms with E-state index in [0.29, 0.717) is 13.2 Å². The molecular formula is C12H23N3O2. The summed E-state index contributed by atoms with van der Waals surface area (Å²) in [6.07, 6.45) is 0. The van der Waals surface area contributed by atoms with Gasteiger partial charge < -0.3 is 15.2 Å². The summed E-state index contributed by atoms with van der Waals surface area (Å²) in [6, 6.07) is 0. The molecular weight excluding hydrogens is 218 g/mol. The number of aliphatic hydroxyl groups excluding tert-OH is 1. The van der Waals surface area contributed by atoms with Crippen LogP contribution >= 0.6 is 0 Å². The zero-order valence-corrected chi connectivity index (χ0v) is 11.0. The fourth-order valence-electron chi connectivity index (χ4n) is 1.82. The van der Waals surface area contributed by atoms with Crippen molar-refractivity contribution in [3.63, 3.8) is 0 Å². The lowest BCUT2D eigenvalue weighted by molar-refractivity contribution is 0.0938. The Morgan fingerprint density at radius 3 is 2.71 bits per heavy atom. The second-order valence-electron chi connectivity index (χ2n) is 3.98. The second-order valence-corrected chi connectivity index (χ2v) is 3.98. The molecule has 1 aromatic heterocycles. The topological polar surface area (TPSA) is 59.3 Å². The Kier molecular flexibility index (Phi) is 6.18. The van der Waals surface area contributed by atoms with Gasteiger partial charge in [-0.2, -0.15) is 5.10 Å². The summed E-state index contributed by atoms with van der Waals surface area (Å²) in [5, 5.41) is 16.3. The molecule has 5 heteroatoms. The number of ether oxygens (including phenoxy) is 1. The highest BCUT2D eigenvalue weighted by atomic mass is 16.5. The van der Waals surface area contributed by atoms with Crippen molar-refractivity contribution in [3.05, 3.63) is 17.0 Å². The Balaban J connectivity index is 2.34. The fourth-order valence-corrected chi connectivity index (χ4v) is 1.82. The maximum absolute atomic E-state index is 8.55. The molecule has 0 amide bonds. The summed E-state index contributed by atoms with van der Waals surface area (Å²) in [7, 11) is 0. The predicted molar refractivity (Wildman–Crippen MR) is 67.0 cm³/mol. The van der Waals surface area contributed by atoms with Crippen molar-refractivity contribution >= 4 is 0 Å². The molecule has 1 aromatic rings. The van der Waals surface area contributed by atoms with Gasteiger partial charge in [0.2, 0.25) is 0 Å². The summed E-state index contributed by atoms with van der Waals surface area (Å²) < 4.78 is 7.20. The van der Waals surface area contributed by atoms with Gasteiger partial charge in [-0.3, -0.25) is 4.68 Å². The number of aryl methyl sites for hydroxylation is 2. The first-order valence-corrected chi connectivity index (χ1v) is 6.12. The van der Waals surface area contributed by atoms with Gasteiger partial charge in [-0.15, -0.1) is 0 Å². The highest BCUT2D eigenvalue weighted by Gasteiger charge is 2.09. The van der Waals surface area contributed by atoms with E-state index in [2.05, 4.69) is 24.3 Å². The highest BCUT2D eigenvalue weighted by molar-refractivity contribution is 5.24. The third kappa shape index (κ3) is 4.11. The summed E-state index contributed by atoms with van der Waals surface area (Å²) in [5.41, 5.74) is 3.59. The van der Waals surface area contributed by atoms with Gasteiger partial charge in [-0.1, -0.05) is 0 Å². The normalized spacial score (nSPS) is 11.1. The van der Waals surface area contributed by atoms with Crippen molar-refractivity contribution in [1.29, 1.82) is 0 Å².